The molecule has 15 heavy (non-hydrogen) atoms. The zero-order valence-corrected chi connectivity index (χ0v) is 10.4. The molecule has 0 aliphatic carbocycles. The summed E-state index contributed by atoms with van der Waals surface area (Å²) in [7, 11) is 2.10. The fourth-order valence-electron chi connectivity index (χ4n) is 2.33. The first-order valence-corrected chi connectivity index (χ1v) is 5.84. The largest absolute Gasteiger partial charge is 0.378 e. The lowest BCUT2D eigenvalue weighted by atomic mass is 9.73. The van der Waals surface area contributed by atoms with Crippen molar-refractivity contribution in [3.8, 4) is 0 Å². The van der Waals surface area contributed by atoms with Gasteiger partial charge in [-0.1, -0.05) is 6.92 Å². The minimum absolute atomic E-state index is 0.0218. The predicted octanol–water partition coefficient (Wildman–Crippen LogP) is 2.34. The van der Waals surface area contributed by atoms with Gasteiger partial charge in [-0.25, -0.2) is 0 Å². The van der Waals surface area contributed by atoms with E-state index in [4.69, 9.17) is 4.74 Å². The monoisotopic (exact) mass is 217 g/mol. The molecule has 1 aliphatic rings. The van der Waals surface area contributed by atoms with Gasteiger partial charge in [0.05, 0.1) is 19.4 Å². The second-order valence-corrected chi connectivity index (χ2v) is 5.39. The van der Waals surface area contributed by atoms with E-state index >= 15 is 0 Å². The highest BCUT2D eigenvalue weighted by Crippen LogP contribution is 2.35. The van der Waals surface area contributed by atoms with Crippen molar-refractivity contribution in [2.75, 3.05) is 33.4 Å². The van der Waals surface area contributed by atoms with Crippen molar-refractivity contribution in [3.05, 3.63) is 0 Å². The van der Waals surface area contributed by atoms with Gasteiger partial charge in [0.2, 0.25) is 0 Å². The Morgan fingerprint density at radius 1 is 1.53 bits per heavy atom. The number of alkyl halides is 1. The first-order chi connectivity index (χ1) is 6.98. The van der Waals surface area contributed by atoms with Gasteiger partial charge in [-0.2, -0.15) is 0 Å². The Morgan fingerprint density at radius 2 is 2.20 bits per heavy atom. The van der Waals surface area contributed by atoms with E-state index in [1.165, 1.54) is 0 Å². The first-order valence-electron chi connectivity index (χ1n) is 5.84. The van der Waals surface area contributed by atoms with Crippen LogP contribution in [0.4, 0.5) is 4.39 Å². The molecule has 1 aliphatic heterocycles. The van der Waals surface area contributed by atoms with E-state index in [0.717, 1.165) is 19.5 Å². The minimum Gasteiger partial charge on any atom is -0.378 e. The van der Waals surface area contributed by atoms with E-state index in [2.05, 4.69) is 18.9 Å². The van der Waals surface area contributed by atoms with Crippen LogP contribution in [-0.2, 0) is 4.74 Å². The lowest BCUT2D eigenvalue weighted by Gasteiger charge is -2.44. The van der Waals surface area contributed by atoms with Crippen LogP contribution in [0.3, 0.4) is 0 Å². The predicted molar refractivity (Wildman–Crippen MR) is 60.8 cm³/mol. The van der Waals surface area contributed by atoms with Gasteiger partial charge in [-0.15, -0.1) is 0 Å². The normalized spacial score (nSPS) is 33.6. The topological polar surface area (TPSA) is 12.5 Å². The Labute approximate surface area is 92.8 Å². The first kappa shape index (κ1) is 12.9. The van der Waals surface area contributed by atoms with Gasteiger partial charge in [0.1, 0.15) is 0 Å². The molecule has 1 fully saturated rings. The van der Waals surface area contributed by atoms with Crippen LogP contribution in [0.25, 0.3) is 0 Å². The lowest BCUT2D eigenvalue weighted by molar-refractivity contribution is -0.0543. The summed E-state index contributed by atoms with van der Waals surface area (Å²) < 4.78 is 18.6. The van der Waals surface area contributed by atoms with Crippen molar-refractivity contribution >= 4 is 0 Å². The molecule has 0 bridgehead atoms. The quantitative estimate of drug-likeness (QED) is 0.716. The van der Waals surface area contributed by atoms with Crippen molar-refractivity contribution < 1.29 is 9.13 Å². The van der Waals surface area contributed by atoms with Crippen LogP contribution in [0, 0.1) is 11.3 Å². The minimum atomic E-state index is -0.216. The number of hydrogen-bond donors (Lipinski definition) is 0. The Kier molecular flexibility index (Phi) is 4.53. The molecule has 1 rings (SSSR count). The molecule has 1 heterocycles. The van der Waals surface area contributed by atoms with Gasteiger partial charge in [0, 0.05) is 12.0 Å². The summed E-state index contributed by atoms with van der Waals surface area (Å²) in [6, 6.07) is 0. The van der Waals surface area contributed by atoms with Gasteiger partial charge in [0.15, 0.2) is 0 Å². The summed E-state index contributed by atoms with van der Waals surface area (Å²) in [6.45, 7) is 8.60. The molecule has 0 aromatic rings. The number of nitrogens with zero attached hydrogens (tertiary/aromatic N) is 1. The van der Waals surface area contributed by atoms with Gasteiger partial charge in [0.25, 0.3) is 0 Å². The fourth-order valence-corrected chi connectivity index (χ4v) is 2.33. The van der Waals surface area contributed by atoms with Crippen molar-refractivity contribution in [2.24, 2.45) is 11.3 Å². The van der Waals surface area contributed by atoms with Crippen LogP contribution in [0.1, 0.15) is 27.2 Å². The maximum atomic E-state index is 13.0. The molecule has 90 valence electrons. The summed E-state index contributed by atoms with van der Waals surface area (Å²) in [5, 5.41) is 0. The molecule has 3 heteroatoms. The summed E-state index contributed by atoms with van der Waals surface area (Å²) in [6.07, 6.45) is 1.18. The number of piperidine rings is 1. The van der Waals surface area contributed by atoms with Crippen molar-refractivity contribution in [1.82, 2.24) is 4.90 Å². The van der Waals surface area contributed by atoms with E-state index in [0.29, 0.717) is 6.61 Å². The standard InChI is InChI=1S/C12H24FNO/c1-10(2)15-9-12(3)8-14(4)6-5-11(12)7-13/h10-11H,5-9H2,1-4H3. The van der Waals surface area contributed by atoms with Crippen molar-refractivity contribution in [3.63, 3.8) is 0 Å². The zero-order valence-electron chi connectivity index (χ0n) is 10.4. The molecule has 0 radical (unpaired) electrons. The number of halogens is 1. The van der Waals surface area contributed by atoms with Gasteiger partial charge < -0.3 is 9.64 Å². The third-order valence-corrected chi connectivity index (χ3v) is 3.41. The molecule has 0 amide bonds. The van der Waals surface area contributed by atoms with Crippen LogP contribution in [0.2, 0.25) is 0 Å². The number of ether oxygens (including phenoxy) is 1. The molecular weight excluding hydrogens is 193 g/mol. The third-order valence-electron chi connectivity index (χ3n) is 3.41. The maximum Gasteiger partial charge on any atom is 0.0929 e. The molecule has 0 aromatic heterocycles. The Bertz CT molecular complexity index is 198. The molecular formula is C12H24FNO. The lowest BCUT2D eigenvalue weighted by Crippen LogP contribution is -2.49. The van der Waals surface area contributed by atoms with Crippen LogP contribution in [0.5, 0.6) is 0 Å². The van der Waals surface area contributed by atoms with E-state index in [1.807, 2.05) is 13.8 Å². The fraction of sp³-hybridized carbons (Fsp3) is 1.00. The second-order valence-electron chi connectivity index (χ2n) is 5.39. The second kappa shape index (κ2) is 5.26. The number of hydrogen-bond acceptors (Lipinski definition) is 2. The summed E-state index contributed by atoms with van der Waals surface area (Å²) in [5.41, 5.74) is -0.0218. The molecule has 0 aromatic carbocycles. The molecule has 0 saturated carbocycles. The van der Waals surface area contributed by atoms with Crippen LogP contribution < -0.4 is 0 Å². The smallest absolute Gasteiger partial charge is 0.0929 e. The van der Waals surface area contributed by atoms with Crippen molar-refractivity contribution in [2.45, 2.75) is 33.3 Å². The van der Waals surface area contributed by atoms with E-state index in [9.17, 15) is 4.39 Å². The van der Waals surface area contributed by atoms with Crippen molar-refractivity contribution in [1.29, 1.82) is 0 Å². The number of rotatable bonds is 4. The highest BCUT2D eigenvalue weighted by atomic mass is 19.1. The molecule has 1 saturated heterocycles. The summed E-state index contributed by atoms with van der Waals surface area (Å²) in [4.78, 5) is 2.27. The van der Waals surface area contributed by atoms with Gasteiger partial charge in [-0.3, -0.25) is 4.39 Å². The molecule has 2 nitrogen and oxygen atoms in total. The Morgan fingerprint density at radius 3 is 2.73 bits per heavy atom. The number of likely N-dealkylation sites (tertiary alicyclic amines) is 1. The third kappa shape index (κ3) is 3.42. The highest BCUT2D eigenvalue weighted by molar-refractivity contribution is 4.89. The summed E-state index contributed by atoms with van der Waals surface area (Å²) >= 11 is 0. The maximum absolute atomic E-state index is 13.0. The highest BCUT2D eigenvalue weighted by Gasteiger charge is 2.39. The Balaban J connectivity index is 2.58. The van der Waals surface area contributed by atoms with Crippen LogP contribution >= 0.6 is 0 Å². The molecule has 0 N–H and O–H groups in total. The molecule has 2 atom stereocenters. The van der Waals surface area contributed by atoms with Crippen LogP contribution in [-0.4, -0.2) is 44.4 Å². The summed E-state index contributed by atoms with van der Waals surface area (Å²) in [5.74, 6) is 0.160. The molecule has 0 spiro atoms. The SMILES string of the molecule is CC(C)OCC1(C)CN(C)CCC1CF. The van der Waals surface area contributed by atoms with E-state index in [1.54, 1.807) is 0 Å². The van der Waals surface area contributed by atoms with Gasteiger partial charge >= 0.3 is 0 Å². The average Bonchev–Trinajstić information content (AvgIpc) is 2.15. The zero-order chi connectivity index (χ0) is 11.5. The van der Waals surface area contributed by atoms with E-state index in [-0.39, 0.29) is 24.1 Å². The average molecular weight is 217 g/mol. The van der Waals surface area contributed by atoms with Gasteiger partial charge in [-0.05, 0) is 39.8 Å². The Hall–Kier alpha value is -0.150. The van der Waals surface area contributed by atoms with E-state index < -0.39 is 0 Å². The van der Waals surface area contributed by atoms with Crippen LogP contribution in [0.15, 0.2) is 0 Å². The molecule has 2 unspecified atom stereocenters.